The first-order chi connectivity index (χ1) is 6.74. The Morgan fingerprint density at radius 2 is 2.14 bits per heavy atom. The molecule has 2 aromatic rings. The summed E-state index contributed by atoms with van der Waals surface area (Å²) in [6, 6.07) is 7.19. The van der Waals surface area contributed by atoms with Gasteiger partial charge in [0.1, 0.15) is 0 Å². The van der Waals surface area contributed by atoms with Crippen molar-refractivity contribution < 1.29 is 0 Å². The van der Waals surface area contributed by atoms with Gasteiger partial charge < -0.3 is 5.73 Å². The Hall–Kier alpha value is -1.61. The van der Waals surface area contributed by atoms with E-state index < -0.39 is 0 Å². The minimum atomic E-state index is -0.0131. The van der Waals surface area contributed by atoms with Crippen molar-refractivity contribution in [2.75, 3.05) is 0 Å². The summed E-state index contributed by atoms with van der Waals surface area (Å²) in [7, 11) is 0. The number of aryl methyl sites for hydroxylation is 1. The van der Waals surface area contributed by atoms with E-state index in [4.69, 9.17) is 5.73 Å². The maximum absolute atomic E-state index is 11.5. The quantitative estimate of drug-likeness (QED) is 0.727. The smallest absolute Gasteiger partial charge is 0.255 e. The van der Waals surface area contributed by atoms with E-state index in [2.05, 4.69) is 0 Å². The van der Waals surface area contributed by atoms with Gasteiger partial charge in [-0.05, 0) is 24.1 Å². The summed E-state index contributed by atoms with van der Waals surface area (Å²) in [5, 5.41) is 0. The third-order valence-corrected chi connectivity index (χ3v) is 2.38. The molecular formula is C11H12N2O. The Labute approximate surface area is 81.8 Å². The van der Waals surface area contributed by atoms with Gasteiger partial charge in [-0.2, -0.15) is 0 Å². The van der Waals surface area contributed by atoms with E-state index in [-0.39, 0.29) is 5.56 Å². The molecule has 0 aromatic carbocycles. The highest BCUT2D eigenvalue weighted by Gasteiger charge is 2.03. The second-order valence-electron chi connectivity index (χ2n) is 3.31. The van der Waals surface area contributed by atoms with Gasteiger partial charge in [0.05, 0.1) is 5.52 Å². The van der Waals surface area contributed by atoms with Crippen molar-refractivity contribution in [3.8, 4) is 0 Å². The largest absolute Gasteiger partial charge is 0.326 e. The molecule has 0 spiro atoms. The van der Waals surface area contributed by atoms with Gasteiger partial charge >= 0.3 is 0 Å². The van der Waals surface area contributed by atoms with Crippen molar-refractivity contribution in [1.29, 1.82) is 0 Å². The molecule has 3 nitrogen and oxygen atoms in total. The Balaban J connectivity index is 3.00. The maximum atomic E-state index is 11.5. The summed E-state index contributed by atoms with van der Waals surface area (Å²) in [6.45, 7) is 2.43. The molecule has 72 valence electrons. The number of nitrogens with two attached hydrogens (primary N) is 1. The molecule has 2 N–H and O–H groups in total. The number of nitrogens with zero attached hydrogens (tertiary/aromatic N) is 1. The van der Waals surface area contributed by atoms with Crippen molar-refractivity contribution in [3.63, 3.8) is 0 Å². The van der Waals surface area contributed by atoms with Crippen molar-refractivity contribution in [1.82, 2.24) is 4.40 Å². The molecule has 2 rings (SSSR count). The SMILES string of the molecule is Cc1cccn2c(=O)ccc(CN)c12. The van der Waals surface area contributed by atoms with Crippen molar-refractivity contribution in [2.24, 2.45) is 5.73 Å². The van der Waals surface area contributed by atoms with Crippen LogP contribution in [0.4, 0.5) is 0 Å². The van der Waals surface area contributed by atoms with E-state index in [1.165, 1.54) is 0 Å². The van der Waals surface area contributed by atoms with E-state index in [0.29, 0.717) is 6.54 Å². The molecule has 0 saturated heterocycles. The van der Waals surface area contributed by atoms with Gasteiger partial charge in [0.25, 0.3) is 5.56 Å². The summed E-state index contributed by atoms with van der Waals surface area (Å²) < 4.78 is 1.64. The minimum absolute atomic E-state index is 0.0131. The lowest BCUT2D eigenvalue weighted by Crippen LogP contribution is -2.15. The molecular weight excluding hydrogens is 176 g/mol. The molecule has 0 aliphatic rings. The predicted octanol–water partition coefficient (Wildman–Crippen LogP) is 1.07. The van der Waals surface area contributed by atoms with Crippen molar-refractivity contribution in [3.05, 3.63) is 51.9 Å². The summed E-state index contributed by atoms with van der Waals surface area (Å²) in [5.41, 5.74) is 8.62. The zero-order valence-electron chi connectivity index (χ0n) is 8.03. The Morgan fingerprint density at radius 3 is 2.86 bits per heavy atom. The summed E-state index contributed by atoms with van der Waals surface area (Å²) in [6.07, 6.45) is 1.77. The van der Waals surface area contributed by atoms with Gasteiger partial charge in [-0.15, -0.1) is 0 Å². The zero-order chi connectivity index (χ0) is 10.1. The first kappa shape index (κ1) is 8.97. The van der Waals surface area contributed by atoms with E-state index in [1.807, 2.05) is 19.1 Å². The first-order valence-corrected chi connectivity index (χ1v) is 4.54. The molecule has 0 radical (unpaired) electrons. The van der Waals surface area contributed by atoms with Gasteiger partial charge in [0.15, 0.2) is 0 Å². The lowest BCUT2D eigenvalue weighted by molar-refractivity contribution is 1.01. The number of rotatable bonds is 1. The molecule has 0 fully saturated rings. The van der Waals surface area contributed by atoms with Gasteiger partial charge in [-0.1, -0.05) is 12.1 Å². The zero-order valence-corrected chi connectivity index (χ0v) is 8.03. The van der Waals surface area contributed by atoms with Crippen molar-refractivity contribution >= 4 is 5.52 Å². The minimum Gasteiger partial charge on any atom is -0.326 e. The Bertz CT molecular complexity index is 528. The van der Waals surface area contributed by atoms with Crippen LogP contribution in [-0.2, 0) is 6.54 Å². The highest BCUT2D eigenvalue weighted by Crippen LogP contribution is 2.12. The number of fused-ring (bicyclic) bond motifs is 1. The topological polar surface area (TPSA) is 47.5 Å². The molecule has 2 heterocycles. The van der Waals surface area contributed by atoms with Crippen LogP contribution >= 0.6 is 0 Å². The molecule has 0 aliphatic heterocycles. The third kappa shape index (κ3) is 1.22. The number of aromatic nitrogens is 1. The summed E-state index contributed by atoms with van der Waals surface area (Å²) in [5.74, 6) is 0. The Morgan fingerprint density at radius 1 is 1.36 bits per heavy atom. The van der Waals surface area contributed by atoms with Crippen LogP contribution in [0.1, 0.15) is 11.1 Å². The molecule has 0 aliphatic carbocycles. The van der Waals surface area contributed by atoms with Crippen LogP contribution in [0.15, 0.2) is 35.3 Å². The van der Waals surface area contributed by atoms with Crippen LogP contribution in [0.25, 0.3) is 5.52 Å². The van der Waals surface area contributed by atoms with Crippen LogP contribution in [0.5, 0.6) is 0 Å². The lowest BCUT2D eigenvalue weighted by atomic mass is 10.1. The van der Waals surface area contributed by atoms with Gasteiger partial charge in [0.2, 0.25) is 0 Å². The Kier molecular flexibility index (Phi) is 2.09. The number of pyridine rings is 2. The molecule has 3 heteroatoms. The lowest BCUT2D eigenvalue weighted by Gasteiger charge is -2.07. The van der Waals surface area contributed by atoms with Crippen molar-refractivity contribution in [2.45, 2.75) is 13.5 Å². The first-order valence-electron chi connectivity index (χ1n) is 4.54. The van der Waals surface area contributed by atoms with Crippen LogP contribution in [-0.4, -0.2) is 4.40 Å². The van der Waals surface area contributed by atoms with E-state index in [9.17, 15) is 4.79 Å². The number of hydrogen-bond donors (Lipinski definition) is 1. The molecule has 0 atom stereocenters. The fraction of sp³-hybridized carbons (Fsp3) is 0.182. The fourth-order valence-electron chi connectivity index (χ4n) is 1.70. The van der Waals surface area contributed by atoms with Gasteiger partial charge in [-0.3, -0.25) is 9.20 Å². The molecule has 14 heavy (non-hydrogen) atoms. The van der Waals surface area contributed by atoms with Gasteiger partial charge in [-0.25, -0.2) is 0 Å². The monoisotopic (exact) mass is 188 g/mol. The highest BCUT2D eigenvalue weighted by molar-refractivity contribution is 5.60. The summed E-state index contributed by atoms with van der Waals surface area (Å²) in [4.78, 5) is 11.5. The number of hydrogen-bond acceptors (Lipinski definition) is 2. The molecule has 2 aromatic heterocycles. The fourth-order valence-corrected chi connectivity index (χ4v) is 1.70. The van der Waals surface area contributed by atoms with E-state index in [0.717, 1.165) is 16.6 Å². The van der Waals surface area contributed by atoms with Crippen LogP contribution in [0.2, 0.25) is 0 Å². The molecule has 0 unspecified atom stereocenters. The second-order valence-corrected chi connectivity index (χ2v) is 3.31. The normalized spacial score (nSPS) is 10.7. The van der Waals surface area contributed by atoms with Crippen LogP contribution in [0, 0.1) is 6.92 Å². The average Bonchev–Trinajstić information content (AvgIpc) is 2.20. The van der Waals surface area contributed by atoms with Crippen LogP contribution < -0.4 is 11.3 Å². The molecule has 0 saturated carbocycles. The van der Waals surface area contributed by atoms with Gasteiger partial charge in [0, 0.05) is 18.8 Å². The maximum Gasteiger partial charge on any atom is 0.255 e. The standard InChI is InChI=1S/C11H12N2O/c1-8-3-2-6-13-10(14)5-4-9(7-12)11(8)13/h2-6H,7,12H2,1H3. The van der Waals surface area contributed by atoms with E-state index >= 15 is 0 Å². The van der Waals surface area contributed by atoms with E-state index in [1.54, 1.807) is 22.7 Å². The predicted molar refractivity (Wildman–Crippen MR) is 56.3 cm³/mol. The summed E-state index contributed by atoms with van der Waals surface area (Å²) >= 11 is 0. The molecule has 0 amide bonds. The average molecular weight is 188 g/mol. The second kappa shape index (κ2) is 3.27. The molecule has 0 bridgehead atoms. The third-order valence-electron chi connectivity index (χ3n) is 2.38. The highest BCUT2D eigenvalue weighted by atomic mass is 16.1. The van der Waals surface area contributed by atoms with Crippen LogP contribution in [0.3, 0.4) is 0 Å².